The second kappa shape index (κ2) is 7.00. The van der Waals surface area contributed by atoms with Crippen molar-refractivity contribution in [2.75, 3.05) is 20.6 Å². The summed E-state index contributed by atoms with van der Waals surface area (Å²) in [7, 11) is 4.25. The van der Waals surface area contributed by atoms with Crippen LogP contribution in [0, 0.1) is 0 Å². The van der Waals surface area contributed by atoms with E-state index in [-0.39, 0.29) is 0 Å². The molecule has 0 aromatic heterocycles. The van der Waals surface area contributed by atoms with Crippen LogP contribution in [0.25, 0.3) is 0 Å². The molecule has 3 heteroatoms. The zero-order chi connectivity index (χ0) is 14.5. The maximum Gasteiger partial charge on any atom is 0.0660 e. The zero-order valence-corrected chi connectivity index (χ0v) is 13.1. The predicted octanol–water partition coefficient (Wildman–Crippen LogP) is 3.19. The third-order valence-corrected chi connectivity index (χ3v) is 3.81. The van der Waals surface area contributed by atoms with Crippen LogP contribution in [0.4, 0.5) is 5.69 Å². The van der Waals surface area contributed by atoms with Gasteiger partial charge < -0.3 is 10.2 Å². The van der Waals surface area contributed by atoms with Crippen LogP contribution in [0.5, 0.6) is 0 Å². The lowest BCUT2D eigenvalue weighted by molar-refractivity contribution is 0.355. The van der Waals surface area contributed by atoms with Crippen molar-refractivity contribution in [2.24, 2.45) is 4.99 Å². The molecule has 1 aromatic rings. The van der Waals surface area contributed by atoms with E-state index < -0.39 is 0 Å². The second-order valence-corrected chi connectivity index (χ2v) is 6.30. The summed E-state index contributed by atoms with van der Waals surface area (Å²) in [5.41, 5.74) is 2.44. The van der Waals surface area contributed by atoms with E-state index in [1.54, 1.807) is 0 Å². The fourth-order valence-corrected chi connectivity index (χ4v) is 2.82. The topological polar surface area (TPSA) is 27.6 Å². The fraction of sp³-hybridized carbons (Fsp3) is 0.588. The van der Waals surface area contributed by atoms with Gasteiger partial charge in [-0.25, -0.2) is 0 Å². The average Bonchev–Trinajstić information content (AvgIpc) is 2.83. The van der Waals surface area contributed by atoms with Gasteiger partial charge in [0.1, 0.15) is 0 Å². The number of hydrogen-bond donors (Lipinski definition) is 1. The standard InChI is InChI=1S/C17H27N3/c1-13(2)16-7-5-6-8-17(16)18-11-14-9-10-15(19-14)12-20(3)4/h5-8,11,13-15,19H,9-10,12H2,1-4H3. The fourth-order valence-electron chi connectivity index (χ4n) is 2.82. The van der Waals surface area contributed by atoms with Crippen LogP contribution in [0.1, 0.15) is 38.2 Å². The highest BCUT2D eigenvalue weighted by molar-refractivity contribution is 5.70. The first kappa shape index (κ1) is 15.2. The normalized spacial score (nSPS) is 23.3. The first-order valence-electron chi connectivity index (χ1n) is 7.60. The van der Waals surface area contributed by atoms with E-state index in [1.807, 2.05) is 0 Å². The molecule has 1 aromatic carbocycles. The van der Waals surface area contributed by atoms with Gasteiger partial charge in [-0.3, -0.25) is 4.99 Å². The van der Waals surface area contributed by atoms with Crippen LogP contribution in [-0.2, 0) is 0 Å². The molecule has 1 fully saturated rings. The van der Waals surface area contributed by atoms with E-state index in [1.165, 1.54) is 18.4 Å². The first-order chi connectivity index (χ1) is 9.56. The minimum absolute atomic E-state index is 0.417. The largest absolute Gasteiger partial charge is 0.308 e. The van der Waals surface area contributed by atoms with Gasteiger partial charge >= 0.3 is 0 Å². The molecular weight excluding hydrogens is 246 g/mol. The molecule has 1 heterocycles. The number of rotatable bonds is 5. The van der Waals surface area contributed by atoms with Crippen LogP contribution in [0.2, 0.25) is 0 Å². The van der Waals surface area contributed by atoms with Gasteiger partial charge in [0.05, 0.1) is 5.69 Å². The summed E-state index contributed by atoms with van der Waals surface area (Å²) in [6.07, 6.45) is 4.52. The number of nitrogens with zero attached hydrogens (tertiary/aromatic N) is 2. The van der Waals surface area contributed by atoms with E-state index in [2.05, 4.69) is 68.6 Å². The number of nitrogens with one attached hydrogen (secondary N) is 1. The highest BCUT2D eigenvalue weighted by Crippen LogP contribution is 2.26. The highest BCUT2D eigenvalue weighted by Gasteiger charge is 2.22. The minimum atomic E-state index is 0.417. The summed E-state index contributed by atoms with van der Waals surface area (Å²) < 4.78 is 0. The van der Waals surface area contributed by atoms with Crippen LogP contribution in [0.15, 0.2) is 29.3 Å². The molecule has 0 spiro atoms. The Kier molecular flexibility index (Phi) is 5.32. The van der Waals surface area contributed by atoms with Crippen molar-refractivity contribution >= 4 is 11.9 Å². The Morgan fingerprint density at radius 2 is 2.05 bits per heavy atom. The molecule has 0 amide bonds. The maximum absolute atomic E-state index is 4.72. The molecule has 0 aliphatic carbocycles. The van der Waals surface area contributed by atoms with Gasteiger partial charge in [0, 0.05) is 24.8 Å². The zero-order valence-electron chi connectivity index (χ0n) is 13.1. The third-order valence-electron chi connectivity index (χ3n) is 3.81. The molecule has 2 unspecified atom stereocenters. The number of benzene rings is 1. The lowest BCUT2D eigenvalue weighted by Crippen LogP contribution is -2.37. The Bertz CT molecular complexity index is 451. The monoisotopic (exact) mass is 273 g/mol. The maximum atomic E-state index is 4.72. The van der Waals surface area contributed by atoms with Crippen LogP contribution < -0.4 is 5.32 Å². The van der Waals surface area contributed by atoms with Gasteiger partial charge in [-0.2, -0.15) is 0 Å². The molecule has 0 radical (unpaired) electrons. The van der Waals surface area contributed by atoms with E-state index in [0.29, 0.717) is 18.0 Å². The molecule has 20 heavy (non-hydrogen) atoms. The van der Waals surface area contributed by atoms with Crippen LogP contribution >= 0.6 is 0 Å². The van der Waals surface area contributed by atoms with Crippen molar-refractivity contribution in [3.05, 3.63) is 29.8 Å². The smallest absolute Gasteiger partial charge is 0.0660 e. The average molecular weight is 273 g/mol. The Balaban J connectivity index is 1.97. The molecule has 1 saturated heterocycles. The summed E-state index contributed by atoms with van der Waals surface area (Å²) in [6, 6.07) is 9.46. The second-order valence-electron chi connectivity index (χ2n) is 6.30. The van der Waals surface area contributed by atoms with Gasteiger partial charge in [-0.1, -0.05) is 32.0 Å². The van der Waals surface area contributed by atoms with Gasteiger partial charge in [-0.15, -0.1) is 0 Å². The lowest BCUT2D eigenvalue weighted by atomic mass is 10.0. The quantitative estimate of drug-likeness (QED) is 0.834. The van der Waals surface area contributed by atoms with E-state index >= 15 is 0 Å². The first-order valence-corrected chi connectivity index (χ1v) is 7.60. The molecule has 0 bridgehead atoms. The van der Waals surface area contributed by atoms with Gasteiger partial charge in [-0.05, 0) is 44.5 Å². The van der Waals surface area contributed by atoms with E-state index in [9.17, 15) is 0 Å². The van der Waals surface area contributed by atoms with E-state index in [4.69, 9.17) is 4.99 Å². The van der Waals surface area contributed by atoms with Crippen LogP contribution in [0.3, 0.4) is 0 Å². The number of likely N-dealkylation sites (N-methyl/N-ethyl adjacent to an activating group) is 1. The Labute approximate surface area is 123 Å². The Morgan fingerprint density at radius 1 is 1.30 bits per heavy atom. The van der Waals surface area contributed by atoms with E-state index in [0.717, 1.165) is 12.2 Å². The van der Waals surface area contributed by atoms with Crippen LogP contribution in [-0.4, -0.2) is 43.8 Å². The molecule has 1 aliphatic rings. The summed E-state index contributed by atoms with van der Waals surface area (Å²) in [5.74, 6) is 0.515. The van der Waals surface area contributed by atoms with Gasteiger partial charge in [0.25, 0.3) is 0 Å². The third kappa shape index (κ3) is 4.15. The molecule has 2 atom stereocenters. The van der Waals surface area contributed by atoms with Crippen molar-refractivity contribution in [3.8, 4) is 0 Å². The number of aliphatic imine (C=N–C) groups is 1. The summed E-state index contributed by atoms with van der Waals surface area (Å²) in [4.78, 5) is 6.96. The van der Waals surface area contributed by atoms with Gasteiger partial charge in [0.15, 0.2) is 0 Å². The van der Waals surface area contributed by atoms with Crippen molar-refractivity contribution in [1.82, 2.24) is 10.2 Å². The summed E-state index contributed by atoms with van der Waals surface area (Å²) >= 11 is 0. The van der Waals surface area contributed by atoms with Gasteiger partial charge in [0.2, 0.25) is 0 Å². The lowest BCUT2D eigenvalue weighted by Gasteiger charge is -2.16. The highest BCUT2D eigenvalue weighted by atomic mass is 15.1. The SMILES string of the molecule is CC(C)c1ccccc1N=CC1CCC(CN(C)C)N1. The molecule has 2 rings (SSSR count). The predicted molar refractivity (Wildman–Crippen MR) is 87.2 cm³/mol. The molecule has 110 valence electrons. The van der Waals surface area contributed by atoms with Crippen molar-refractivity contribution in [2.45, 2.75) is 44.7 Å². The van der Waals surface area contributed by atoms with Crippen molar-refractivity contribution in [1.29, 1.82) is 0 Å². The molecule has 3 nitrogen and oxygen atoms in total. The Hall–Kier alpha value is -1.19. The molecule has 1 N–H and O–H groups in total. The van der Waals surface area contributed by atoms with Crippen molar-refractivity contribution < 1.29 is 0 Å². The number of hydrogen-bond acceptors (Lipinski definition) is 3. The minimum Gasteiger partial charge on any atom is -0.308 e. The summed E-state index contributed by atoms with van der Waals surface area (Å²) in [6.45, 7) is 5.54. The molecule has 0 saturated carbocycles. The Morgan fingerprint density at radius 3 is 2.75 bits per heavy atom. The molecule has 1 aliphatic heterocycles. The summed E-state index contributed by atoms with van der Waals surface area (Å²) in [5, 5.41) is 3.65. The molecular formula is C17H27N3. The number of para-hydroxylation sites is 1. The van der Waals surface area contributed by atoms with Crippen molar-refractivity contribution in [3.63, 3.8) is 0 Å².